The van der Waals surface area contributed by atoms with E-state index in [2.05, 4.69) is 10.3 Å². The number of hydrogen-bond acceptors (Lipinski definition) is 4. The number of nitrogens with one attached hydrogen (secondary N) is 1. The van der Waals surface area contributed by atoms with E-state index in [9.17, 15) is 19.8 Å². The van der Waals surface area contributed by atoms with Crippen molar-refractivity contribution in [2.24, 2.45) is 5.92 Å². The van der Waals surface area contributed by atoms with Crippen LogP contribution in [0.3, 0.4) is 0 Å². The number of nitrogens with zero attached hydrogens (tertiary/aromatic N) is 1. The second-order valence-corrected chi connectivity index (χ2v) is 5.08. The van der Waals surface area contributed by atoms with Gasteiger partial charge in [-0.25, -0.2) is 4.79 Å². The van der Waals surface area contributed by atoms with Gasteiger partial charge in [-0.2, -0.15) is 0 Å². The maximum absolute atomic E-state index is 12.1. The molecule has 1 aromatic heterocycles. The number of rotatable bonds is 4. The van der Waals surface area contributed by atoms with E-state index in [4.69, 9.17) is 0 Å². The zero-order chi connectivity index (χ0) is 14.5. The minimum atomic E-state index is -1.03. The number of hydrogen-bond donors (Lipinski definition) is 3. The Balaban J connectivity index is 2.10. The van der Waals surface area contributed by atoms with Crippen LogP contribution in [0.1, 0.15) is 42.5 Å². The Bertz CT molecular complexity index is 498. The van der Waals surface area contributed by atoms with Crippen molar-refractivity contribution in [2.75, 3.05) is 0 Å². The minimum Gasteiger partial charge on any atom is -0.505 e. The van der Waals surface area contributed by atoms with Gasteiger partial charge in [-0.3, -0.25) is 9.78 Å². The molecule has 2 rings (SSSR count). The fourth-order valence-electron chi connectivity index (χ4n) is 2.65. The Morgan fingerprint density at radius 2 is 2.00 bits per heavy atom. The van der Waals surface area contributed by atoms with Gasteiger partial charge in [-0.15, -0.1) is 0 Å². The Labute approximate surface area is 116 Å². The molecule has 1 atom stereocenters. The lowest BCUT2D eigenvalue weighted by Crippen LogP contribution is -2.46. The average Bonchev–Trinajstić information content (AvgIpc) is 2.45. The second-order valence-electron chi connectivity index (χ2n) is 5.08. The highest BCUT2D eigenvalue weighted by molar-refractivity contribution is 5.98. The molecule has 1 amide bonds. The molecular formula is C14H18N2O4. The lowest BCUT2D eigenvalue weighted by Gasteiger charge is -2.28. The Morgan fingerprint density at radius 1 is 1.30 bits per heavy atom. The van der Waals surface area contributed by atoms with Gasteiger partial charge >= 0.3 is 5.97 Å². The summed E-state index contributed by atoms with van der Waals surface area (Å²) in [7, 11) is 0. The number of amides is 1. The SMILES string of the molecule is O=C(NC(C(=O)O)C1CCCCC1)c1ccncc1O. The van der Waals surface area contributed by atoms with Crippen molar-refractivity contribution in [3.05, 3.63) is 24.0 Å². The van der Waals surface area contributed by atoms with Crippen molar-refractivity contribution in [3.63, 3.8) is 0 Å². The van der Waals surface area contributed by atoms with Crippen molar-refractivity contribution < 1.29 is 19.8 Å². The van der Waals surface area contributed by atoms with Crippen LogP contribution in [0, 0.1) is 5.92 Å². The van der Waals surface area contributed by atoms with Gasteiger partial charge in [0.05, 0.1) is 11.8 Å². The highest BCUT2D eigenvalue weighted by Crippen LogP contribution is 2.27. The molecule has 1 aliphatic carbocycles. The molecule has 0 saturated heterocycles. The molecule has 6 heteroatoms. The highest BCUT2D eigenvalue weighted by Gasteiger charge is 2.31. The monoisotopic (exact) mass is 278 g/mol. The Morgan fingerprint density at radius 3 is 2.60 bits per heavy atom. The number of carbonyl (C=O) groups is 2. The van der Waals surface area contributed by atoms with E-state index < -0.39 is 17.9 Å². The molecule has 0 spiro atoms. The molecule has 1 unspecified atom stereocenters. The third-order valence-electron chi connectivity index (χ3n) is 3.72. The summed E-state index contributed by atoms with van der Waals surface area (Å²) in [4.78, 5) is 27.1. The zero-order valence-electron chi connectivity index (χ0n) is 11.1. The summed E-state index contributed by atoms with van der Waals surface area (Å²) in [6.45, 7) is 0. The number of carbonyl (C=O) groups excluding carboxylic acids is 1. The van der Waals surface area contributed by atoms with Crippen LogP contribution in [-0.2, 0) is 4.79 Å². The molecule has 0 aliphatic heterocycles. The van der Waals surface area contributed by atoms with Crippen molar-refractivity contribution in [3.8, 4) is 5.75 Å². The first-order chi connectivity index (χ1) is 9.59. The van der Waals surface area contributed by atoms with Crippen molar-refractivity contribution >= 4 is 11.9 Å². The van der Waals surface area contributed by atoms with Gasteiger partial charge in [-0.05, 0) is 24.8 Å². The Kier molecular flexibility index (Phi) is 4.55. The number of aromatic hydroxyl groups is 1. The van der Waals surface area contributed by atoms with E-state index in [1.165, 1.54) is 12.3 Å². The molecule has 20 heavy (non-hydrogen) atoms. The lowest BCUT2D eigenvalue weighted by atomic mass is 9.84. The maximum atomic E-state index is 12.1. The molecule has 1 saturated carbocycles. The van der Waals surface area contributed by atoms with E-state index in [1.54, 1.807) is 0 Å². The van der Waals surface area contributed by atoms with E-state index in [0.29, 0.717) is 0 Å². The van der Waals surface area contributed by atoms with E-state index in [1.807, 2.05) is 0 Å². The van der Waals surface area contributed by atoms with Crippen molar-refractivity contribution in [1.82, 2.24) is 10.3 Å². The molecule has 1 aromatic rings. The smallest absolute Gasteiger partial charge is 0.326 e. The third kappa shape index (κ3) is 3.26. The second kappa shape index (κ2) is 6.36. The summed E-state index contributed by atoms with van der Waals surface area (Å²) in [5.41, 5.74) is 0.0436. The van der Waals surface area contributed by atoms with Gasteiger partial charge in [0.25, 0.3) is 5.91 Å². The number of carboxylic acids is 1. The first kappa shape index (κ1) is 14.3. The molecule has 0 aromatic carbocycles. The summed E-state index contributed by atoms with van der Waals surface area (Å²) in [6, 6.07) is 0.458. The number of pyridine rings is 1. The quantitative estimate of drug-likeness (QED) is 0.776. The van der Waals surface area contributed by atoms with Gasteiger partial charge in [0, 0.05) is 6.20 Å². The third-order valence-corrected chi connectivity index (χ3v) is 3.72. The summed E-state index contributed by atoms with van der Waals surface area (Å²) in [6.07, 6.45) is 7.24. The normalized spacial score (nSPS) is 17.4. The molecular weight excluding hydrogens is 260 g/mol. The Hall–Kier alpha value is -2.11. The summed E-state index contributed by atoms with van der Waals surface area (Å²) in [5, 5.41) is 21.4. The van der Waals surface area contributed by atoms with E-state index >= 15 is 0 Å². The molecule has 1 heterocycles. The standard InChI is InChI=1S/C14H18N2O4/c17-11-8-15-7-6-10(11)13(18)16-12(14(19)20)9-4-2-1-3-5-9/h6-9,12,17H,1-5H2,(H,16,18)(H,19,20). The number of aromatic nitrogens is 1. The highest BCUT2D eigenvalue weighted by atomic mass is 16.4. The van der Waals surface area contributed by atoms with Crippen LogP contribution in [0.2, 0.25) is 0 Å². The summed E-state index contributed by atoms with van der Waals surface area (Å²) in [5.74, 6) is -1.91. The topological polar surface area (TPSA) is 99.5 Å². The van der Waals surface area contributed by atoms with Crippen LogP contribution < -0.4 is 5.32 Å². The maximum Gasteiger partial charge on any atom is 0.326 e. The van der Waals surface area contributed by atoms with Gasteiger partial charge < -0.3 is 15.5 Å². The average molecular weight is 278 g/mol. The van der Waals surface area contributed by atoms with Gasteiger partial charge in [0.15, 0.2) is 0 Å². The predicted octanol–water partition coefficient (Wildman–Crippen LogP) is 1.55. The summed E-state index contributed by atoms with van der Waals surface area (Å²) >= 11 is 0. The van der Waals surface area contributed by atoms with Crippen molar-refractivity contribution in [1.29, 1.82) is 0 Å². The first-order valence-electron chi connectivity index (χ1n) is 6.76. The molecule has 6 nitrogen and oxygen atoms in total. The van der Waals surface area contributed by atoms with Crippen LogP contribution in [0.15, 0.2) is 18.5 Å². The summed E-state index contributed by atoms with van der Waals surface area (Å²) < 4.78 is 0. The zero-order valence-corrected chi connectivity index (χ0v) is 11.1. The number of carboxylic acid groups (broad SMARTS) is 1. The van der Waals surface area contributed by atoms with E-state index in [0.717, 1.165) is 38.3 Å². The molecule has 0 bridgehead atoms. The molecule has 0 radical (unpaired) electrons. The van der Waals surface area contributed by atoms with Crippen LogP contribution in [0.4, 0.5) is 0 Å². The van der Waals surface area contributed by atoms with Gasteiger partial charge in [-0.1, -0.05) is 19.3 Å². The molecule has 3 N–H and O–H groups in total. The van der Waals surface area contributed by atoms with Crippen LogP contribution in [0.25, 0.3) is 0 Å². The first-order valence-corrected chi connectivity index (χ1v) is 6.76. The van der Waals surface area contributed by atoms with Gasteiger partial charge in [0.1, 0.15) is 11.8 Å². The van der Waals surface area contributed by atoms with Crippen molar-refractivity contribution in [2.45, 2.75) is 38.1 Å². The fourth-order valence-corrected chi connectivity index (χ4v) is 2.65. The lowest BCUT2D eigenvalue weighted by molar-refractivity contribution is -0.141. The number of aliphatic carboxylic acids is 1. The van der Waals surface area contributed by atoms with Crippen LogP contribution in [0.5, 0.6) is 5.75 Å². The van der Waals surface area contributed by atoms with Crippen LogP contribution in [-0.4, -0.2) is 33.1 Å². The molecule has 108 valence electrons. The largest absolute Gasteiger partial charge is 0.505 e. The van der Waals surface area contributed by atoms with Crippen LogP contribution >= 0.6 is 0 Å². The fraction of sp³-hybridized carbons (Fsp3) is 0.500. The minimum absolute atomic E-state index is 0.0436. The molecule has 1 aliphatic rings. The predicted molar refractivity (Wildman–Crippen MR) is 71.4 cm³/mol. The molecule has 1 fully saturated rings. The van der Waals surface area contributed by atoms with E-state index in [-0.39, 0.29) is 17.2 Å². The van der Waals surface area contributed by atoms with Gasteiger partial charge in [0.2, 0.25) is 0 Å².